The lowest BCUT2D eigenvalue weighted by Crippen LogP contribution is -2.50. The van der Waals surface area contributed by atoms with Gasteiger partial charge in [-0.15, -0.1) is 0 Å². The molecule has 3 aromatic carbocycles. The van der Waals surface area contributed by atoms with E-state index in [-0.39, 0.29) is 18.0 Å². The Labute approximate surface area is 203 Å². The predicted octanol–water partition coefficient (Wildman–Crippen LogP) is 3.45. The van der Waals surface area contributed by atoms with Gasteiger partial charge in [0.25, 0.3) is 15.9 Å². The zero-order chi connectivity index (χ0) is 24.4. The summed E-state index contributed by atoms with van der Waals surface area (Å²) < 4.78 is 36.0. The summed E-state index contributed by atoms with van der Waals surface area (Å²) >= 11 is 0. The van der Waals surface area contributed by atoms with Gasteiger partial charge in [0.15, 0.2) is 6.10 Å². The fraction of sp³-hybridized carbons (Fsp3) is 0.154. The van der Waals surface area contributed by atoms with Gasteiger partial charge in [-0.25, -0.2) is 13.4 Å². The van der Waals surface area contributed by atoms with E-state index in [4.69, 9.17) is 4.74 Å². The predicted molar refractivity (Wildman–Crippen MR) is 132 cm³/mol. The number of carbonyl (C=O) groups excluding carboxylic acids is 1. The minimum Gasteiger partial charge on any atom is -0.476 e. The van der Waals surface area contributed by atoms with Gasteiger partial charge in [0.2, 0.25) is 0 Å². The van der Waals surface area contributed by atoms with Crippen molar-refractivity contribution in [2.24, 2.45) is 0 Å². The number of anilines is 1. The molecule has 8 nitrogen and oxygen atoms in total. The van der Waals surface area contributed by atoms with Crippen molar-refractivity contribution in [3.05, 3.63) is 103 Å². The lowest BCUT2D eigenvalue weighted by Gasteiger charge is -2.34. The molecule has 1 aliphatic heterocycles. The number of benzene rings is 3. The third kappa shape index (κ3) is 4.38. The number of carbonyl (C=O) groups is 1. The number of ether oxygens (including phenoxy) is 1. The number of imidazole rings is 1. The Morgan fingerprint density at radius 2 is 1.69 bits per heavy atom. The van der Waals surface area contributed by atoms with Gasteiger partial charge in [-0.2, -0.15) is 0 Å². The Hall–Kier alpha value is -4.11. The van der Waals surface area contributed by atoms with Crippen molar-refractivity contribution < 1.29 is 17.9 Å². The summed E-state index contributed by atoms with van der Waals surface area (Å²) in [5.41, 5.74) is 2.21. The van der Waals surface area contributed by atoms with Crippen LogP contribution in [-0.2, 0) is 21.4 Å². The van der Waals surface area contributed by atoms with Crippen molar-refractivity contribution >= 4 is 21.6 Å². The largest absolute Gasteiger partial charge is 0.476 e. The van der Waals surface area contributed by atoms with Gasteiger partial charge >= 0.3 is 0 Å². The summed E-state index contributed by atoms with van der Waals surface area (Å²) in [4.78, 5) is 17.6. The fourth-order valence-corrected chi connectivity index (χ4v) is 5.61. The maximum absolute atomic E-state index is 13.4. The monoisotopic (exact) mass is 488 g/mol. The van der Waals surface area contributed by atoms with Gasteiger partial charge in [-0.3, -0.25) is 9.10 Å². The number of nitrogens with zero attached hydrogens (tertiary/aromatic N) is 3. The number of amides is 1. The molecule has 0 fully saturated rings. The van der Waals surface area contributed by atoms with Gasteiger partial charge in [0.05, 0.1) is 22.8 Å². The summed E-state index contributed by atoms with van der Waals surface area (Å²) in [5.74, 6) is 0.774. The average Bonchev–Trinajstić information content (AvgIpc) is 3.32. The third-order valence-corrected chi connectivity index (χ3v) is 7.68. The molecular formula is C26H24N4O4S. The number of aryl methyl sites for hydroxylation is 1. The zero-order valence-electron chi connectivity index (χ0n) is 19.0. The normalized spacial score (nSPS) is 15.2. The first-order valence-corrected chi connectivity index (χ1v) is 12.6. The SMILES string of the molecule is Cc1nccn1-c1ccccc1CNC(=O)[C@@H]1CN(S(=O)(=O)c2ccccc2)c2ccccc2O1. The molecule has 35 heavy (non-hydrogen) atoms. The summed E-state index contributed by atoms with van der Waals surface area (Å²) in [6, 6.07) is 22.7. The highest BCUT2D eigenvalue weighted by Gasteiger charge is 2.37. The van der Waals surface area contributed by atoms with Crippen molar-refractivity contribution in [1.29, 1.82) is 0 Å². The summed E-state index contributed by atoms with van der Waals surface area (Å²) in [6.07, 6.45) is 2.58. The van der Waals surface area contributed by atoms with Crippen LogP contribution in [0.5, 0.6) is 5.75 Å². The Morgan fingerprint density at radius 1 is 1.00 bits per heavy atom. The molecule has 178 valence electrons. The van der Waals surface area contributed by atoms with Crippen LogP contribution in [0.25, 0.3) is 5.69 Å². The number of aromatic nitrogens is 2. The number of hydrogen-bond acceptors (Lipinski definition) is 5. The van der Waals surface area contributed by atoms with Crippen LogP contribution in [0.2, 0.25) is 0 Å². The molecule has 2 heterocycles. The molecule has 1 atom stereocenters. The Kier molecular flexibility index (Phi) is 6.00. The molecule has 0 radical (unpaired) electrons. The quantitative estimate of drug-likeness (QED) is 0.449. The van der Waals surface area contributed by atoms with Crippen molar-refractivity contribution in [1.82, 2.24) is 14.9 Å². The van der Waals surface area contributed by atoms with Crippen LogP contribution in [0.1, 0.15) is 11.4 Å². The van der Waals surface area contributed by atoms with Crippen LogP contribution in [0.15, 0.2) is 96.2 Å². The standard InChI is InChI=1S/C26H24N4O4S/c1-19-27-15-16-29(19)22-12-6-5-9-20(22)17-28-26(31)25-18-30(23-13-7-8-14-24(23)34-25)35(32,33)21-10-3-2-4-11-21/h2-16,25H,17-18H2,1H3,(H,28,31)/t25-/m0/s1. The maximum atomic E-state index is 13.4. The van der Waals surface area contributed by atoms with Crippen molar-refractivity contribution in [2.75, 3.05) is 10.8 Å². The molecule has 9 heteroatoms. The third-order valence-electron chi connectivity index (χ3n) is 5.89. The minimum atomic E-state index is -3.89. The molecule has 4 aromatic rings. The maximum Gasteiger partial charge on any atom is 0.264 e. The Balaban J connectivity index is 1.39. The van der Waals surface area contributed by atoms with Crippen LogP contribution in [0, 0.1) is 6.92 Å². The first-order chi connectivity index (χ1) is 16.9. The number of fused-ring (bicyclic) bond motifs is 1. The molecule has 1 amide bonds. The fourth-order valence-electron chi connectivity index (χ4n) is 4.11. The van der Waals surface area contributed by atoms with E-state index in [2.05, 4.69) is 10.3 Å². The molecule has 1 N–H and O–H groups in total. The molecular weight excluding hydrogens is 464 g/mol. The number of para-hydroxylation sites is 3. The van der Waals surface area contributed by atoms with Gasteiger partial charge in [0, 0.05) is 18.9 Å². The Morgan fingerprint density at radius 3 is 2.43 bits per heavy atom. The highest BCUT2D eigenvalue weighted by molar-refractivity contribution is 7.92. The van der Waals surface area contributed by atoms with E-state index in [1.54, 1.807) is 48.7 Å². The lowest BCUT2D eigenvalue weighted by molar-refractivity contribution is -0.127. The molecule has 0 aliphatic carbocycles. The number of sulfonamides is 1. The van der Waals surface area contributed by atoms with E-state index in [0.29, 0.717) is 11.4 Å². The number of hydrogen-bond donors (Lipinski definition) is 1. The van der Waals surface area contributed by atoms with Gasteiger partial charge in [-0.05, 0) is 42.8 Å². The summed E-state index contributed by atoms with van der Waals surface area (Å²) in [7, 11) is -3.89. The van der Waals surface area contributed by atoms with E-state index in [1.807, 2.05) is 42.0 Å². The van der Waals surface area contributed by atoms with Crippen molar-refractivity contribution in [3.63, 3.8) is 0 Å². The molecule has 1 aliphatic rings. The molecule has 1 aromatic heterocycles. The molecule has 5 rings (SSSR count). The average molecular weight is 489 g/mol. The van der Waals surface area contributed by atoms with Crippen molar-refractivity contribution in [3.8, 4) is 11.4 Å². The first kappa shape index (κ1) is 22.7. The molecule has 0 bridgehead atoms. The lowest BCUT2D eigenvalue weighted by atomic mass is 10.1. The van der Waals surface area contributed by atoms with Gasteiger partial charge in [0.1, 0.15) is 11.6 Å². The van der Waals surface area contributed by atoms with E-state index in [9.17, 15) is 13.2 Å². The molecule has 0 spiro atoms. The molecule has 0 unspecified atom stereocenters. The topological polar surface area (TPSA) is 93.5 Å². The van der Waals surface area contributed by atoms with Crippen LogP contribution in [0.3, 0.4) is 0 Å². The van der Waals surface area contributed by atoms with E-state index in [0.717, 1.165) is 17.1 Å². The van der Waals surface area contributed by atoms with Crippen LogP contribution in [0.4, 0.5) is 5.69 Å². The Bertz CT molecular complexity index is 1470. The second-order valence-electron chi connectivity index (χ2n) is 8.11. The van der Waals surface area contributed by atoms with E-state index >= 15 is 0 Å². The number of rotatable bonds is 6. The second kappa shape index (κ2) is 9.27. The van der Waals surface area contributed by atoms with Crippen molar-refractivity contribution in [2.45, 2.75) is 24.5 Å². The molecule has 0 saturated carbocycles. The minimum absolute atomic E-state index is 0.137. The van der Waals surface area contributed by atoms with Crippen LogP contribution >= 0.6 is 0 Å². The van der Waals surface area contributed by atoms with E-state index in [1.165, 1.54) is 16.4 Å². The van der Waals surface area contributed by atoms with Crippen LogP contribution in [-0.4, -0.2) is 36.5 Å². The van der Waals surface area contributed by atoms with E-state index < -0.39 is 22.0 Å². The molecule has 0 saturated heterocycles. The summed E-state index contributed by atoms with van der Waals surface area (Å²) in [6.45, 7) is 2.02. The first-order valence-electron chi connectivity index (χ1n) is 11.1. The number of nitrogens with one attached hydrogen (secondary N) is 1. The van der Waals surface area contributed by atoms with Gasteiger partial charge < -0.3 is 14.6 Å². The smallest absolute Gasteiger partial charge is 0.264 e. The highest BCUT2D eigenvalue weighted by atomic mass is 32.2. The zero-order valence-corrected chi connectivity index (χ0v) is 19.9. The highest BCUT2D eigenvalue weighted by Crippen LogP contribution is 2.36. The second-order valence-corrected chi connectivity index (χ2v) is 9.98. The van der Waals surface area contributed by atoms with Gasteiger partial charge in [-0.1, -0.05) is 48.5 Å². The summed E-state index contributed by atoms with van der Waals surface area (Å²) in [5, 5.41) is 2.91. The van der Waals surface area contributed by atoms with Crippen LogP contribution < -0.4 is 14.4 Å².